The van der Waals surface area contributed by atoms with E-state index < -0.39 is 0 Å². The van der Waals surface area contributed by atoms with Gasteiger partial charge in [0.05, 0.1) is 12.1 Å². The SMILES string of the molecule is CNc1cc(NC2CCOC2C2CC2)nc(N)n1. The molecule has 1 saturated heterocycles. The van der Waals surface area contributed by atoms with Gasteiger partial charge in [0.15, 0.2) is 0 Å². The van der Waals surface area contributed by atoms with Crippen molar-refractivity contribution in [3.05, 3.63) is 6.07 Å². The lowest BCUT2D eigenvalue weighted by Crippen LogP contribution is -2.31. The molecule has 0 bridgehead atoms. The molecule has 1 aliphatic carbocycles. The minimum Gasteiger partial charge on any atom is -0.376 e. The van der Waals surface area contributed by atoms with Crippen molar-refractivity contribution in [3.8, 4) is 0 Å². The van der Waals surface area contributed by atoms with Gasteiger partial charge in [-0.25, -0.2) is 0 Å². The van der Waals surface area contributed by atoms with Crippen LogP contribution in [-0.2, 0) is 4.74 Å². The fourth-order valence-corrected chi connectivity index (χ4v) is 2.51. The van der Waals surface area contributed by atoms with Gasteiger partial charge < -0.3 is 21.1 Å². The van der Waals surface area contributed by atoms with Crippen LogP contribution in [0.1, 0.15) is 19.3 Å². The minimum absolute atomic E-state index is 0.284. The Morgan fingerprint density at radius 2 is 2.06 bits per heavy atom. The highest BCUT2D eigenvalue weighted by Gasteiger charge is 2.40. The molecule has 2 unspecified atom stereocenters. The van der Waals surface area contributed by atoms with Crippen molar-refractivity contribution in [1.82, 2.24) is 9.97 Å². The van der Waals surface area contributed by atoms with Crippen molar-refractivity contribution in [2.45, 2.75) is 31.4 Å². The average molecular weight is 249 g/mol. The number of hydrogen-bond donors (Lipinski definition) is 3. The Kier molecular flexibility index (Phi) is 2.95. The maximum atomic E-state index is 5.80. The van der Waals surface area contributed by atoms with Gasteiger partial charge in [-0.3, -0.25) is 0 Å². The maximum Gasteiger partial charge on any atom is 0.223 e. The number of aromatic nitrogens is 2. The van der Waals surface area contributed by atoms with Gasteiger partial charge in [-0.1, -0.05) is 0 Å². The van der Waals surface area contributed by atoms with E-state index in [2.05, 4.69) is 20.6 Å². The number of ether oxygens (including phenoxy) is 1. The summed E-state index contributed by atoms with van der Waals surface area (Å²) in [5, 5.41) is 6.41. The molecule has 1 aromatic rings. The molecular weight excluding hydrogens is 230 g/mol. The van der Waals surface area contributed by atoms with Gasteiger partial charge in [-0.15, -0.1) is 0 Å². The fourth-order valence-electron chi connectivity index (χ4n) is 2.51. The summed E-state index contributed by atoms with van der Waals surface area (Å²) < 4.78 is 5.80. The van der Waals surface area contributed by atoms with Crippen LogP contribution < -0.4 is 16.4 Å². The van der Waals surface area contributed by atoms with Gasteiger partial charge in [-0.2, -0.15) is 9.97 Å². The lowest BCUT2D eigenvalue weighted by Gasteiger charge is -2.20. The zero-order valence-electron chi connectivity index (χ0n) is 10.5. The molecule has 1 aromatic heterocycles. The Morgan fingerprint density at radius 3 is 2.78 bits per heavy atom. The number of nitrogens with zero attached hydrogens (tertiary/aromatic N) is 2. The number of nitrogen functional groups attached to an aromatic ring is 1. The van der Waals surface area contributed by atoms with Crippen molar-refractivity contribution >= 4 is 17.6 Å². The summed E-state index contributed by atoms with van der Waals surface area (Å²) in [6.45, 7) is 0.832. The number of anilines is 3. The Balaban J connectivity index is 1.73. The molecule has 18 heavy (non-hydrogen) atoms. The third-order valence-electron chi connectivity index (χ3n) is 3.56. The number of nitrogens with one attached hydrogen (secondary N) is 2. The van der Waals surface area contributed by atoms with Crippen molar-refractivity contribution in [3.63, 3.8) is 0 Å². The molecule has 2 atom stereocenters. The largest absolute Gasteiger partial charge is 0.376 e. The summed E-state index contributed by atoms with van der Waals surface area (Å²) in [6, 6.07) is 2.22. The Morgan fingerprint density at radius 1 is 1.28 bits per heavy atom. The first kappa shape index (κ1) is 11.5. The van der Waals surface area contributed by atoms with E-state index in [-0.39, 0.29) is 5.95 Å². The Hall–Kier alpha value is -1.56. The van der Waals surface area contributed by atoms with Crippen LogP contribution in [0.4, 0.5) is 17.6 Å². The molecule has 0 amide bonds. The van der Waals surface area contributed by atoms with Crippen molar-refractivity contribution in [2.75, 3.05) is 30.0 Å². The second kappa shape index (κ2) is 4.61. The molecule has 98 valence electrons. The normalized spacial score (nSPS) is 27.2. The van der Waals surface area contributed by atoms with Crippen molar-refractivity contribution in [1.29, 1.82) is 0 Å². The topological polar surface area (TPSA) is 85.1 Å². The molecule has 2 aliphatic rings. The monoisotopic (exact) mass is 249 g/mol. The number of nitrogens with two attached hydrogens (primary N) is 1. The van der Waals surface area contributed by atoms with Crippen LogP contribution in [-0.4, -0.2) is 35.8 Å². The second-order valence-corrected chi connectivity index (χ2v) is 4.96. The molecule has 1 saturated carbocycles. The third kappa shape index (κ3) is 2.33. The number of hydrogen-bond acceptors (Lipinski definition) is 6. The smallest absolute Gasteiger partial charge is 0.223 e. The molecule has 0 spiro atoms. The van der Waals surface area contributed by atoms with E-state index in [4.69, 9.17) is 10.5 Å². The van der Waals surface area contributed by atoms with Crippen LogP contribution in [0.25, 0.3) is 0 Å². The quantitative estimate of drug-likeness (QED) is 0.740. The molecule has 0 radical (unpaired) electrons. The van der Waals surface area contributed by atoms with Crippen LogP contribution in [0.3, 0.4) is 0 Å². The van der Waals surface area contributed by atoms with E-state index >= 15 is 0 Å². The highest BCUT2D eigenvalue weighted by atomic mass is 16.5. The van der Waals surface area contributed by atoms with Gasteiger partial charge >= 0.3 is 0 Å². The lowest BCUT2D eigenvalue weighted by molar-refractivity contribution is 0.0898. The molecule has 2 fully saturated rings. The van der Waals surface area contributed by atoms with Crippen molar-refractivity contribution in [2.24, 2.45) is 5.92 Å². The van der Waals surface area contributed by atoms with Gasteiger partial charge in [0, 0.05) is 19.7 Å². The summed E-state index contributed by atoms with van der Waals surface area (Å²) in [5.41, 5.74) is 5.68. The predicted molar refractivity (Wildman–Crippen MR) is 70.5 cm³/mol. The molecular formula is C12H19N5O. The van der Waals surface area contributed by atoms with Crippen molar-refractivity contribution < 1.29 is 4.74 Å². The van der Waals surface area contributed by atoms with Crippen LogP contribution in [0.2, 0.25) is 0 Å². The summed E-state index contributed by atoms with van der Waals surface area (Å²) in [4.78, 5) is 8.30. The first-order chi connectivity index (χ1) is 8.76. The van der Waals surface area contributed by atoms with Crippen LogP contribution in [0.15, 0.2) is 6.07 Å². The highest BCUT2D eigenvalue weighted by molar-refractivity contribution is 5.51. The molecule has 6 heteroatoms. The molecule has 2 heterocycles. The van der Waals surface area contributed by atoms with E-state index in [0.29, 0.717) is 12.1 Å². The van der Waals surface area contributed by atoms with Gasteiger partial charge in [0.2, 0.25) is 5.95 Å². The van der Waals surface area contributed by atoms with E-state index in [1.165, 1.54) is 12.8 Å². The maximum absolute atomic E-state index is 5.80. The van der Waals surface area contributed by atoms with E-state index in [1.807, 2.05) is 13.1 Å². The second-order valence-electron chi connectivity index (χ2n) is 4.96. The summed E-state index contributed by atoms with van der Waals surface area (Å²) in [6.07, 6.45) is 3.94. The zero-order valence-corrected chi connectivity index (χ0v) is 10.5. The van der Waals surface area contributed by atoms with Crippen LogP contribution in [0, 0.1) is 5.92 Å². The van der Waals surface area contributed by atoms with Crippen LogP contribution in [0.5, 0.6) is 0 Å². The van der Waals surface area contributed by atoms with Gasteiger partial charge in [-0.05, 0) is 25.2 Å². The van der Waals surface area contributed by atoms with E-state index in [9.17, 15) is 0 Å². The Labute approximate surface area is 106 Å². The average Bonchev–Trinajstić information content (AvgIpc) is 3.10. The standard InChI is InChI=1S/C12H19N5O/c1-14-9-6-10(17-12(13)16-9)15-8-4-5-18-11(8)7-2-3-7/h6-8,11H,2-5H2,1H3,(H4,13,14,15,16,17). The zero-order chi connectivity index (χ0) is 12.5. The summed E-state index contributed by atoms with van der Waals surface area (Å²) in [5.74, 6) is 2.51. The molecule has 0 aromatic carbocycles. The first-order valence-corrected chi connectivity index (χ1v) is 6.46. The first-order valence-electron chi connectivity index (χ1n) is 6.46. The molecule has 1 aliphatic heterocycles. The summed E-state index contributed by atoms with van der Waals surface area (Å²) in [7, 11) is 1.82. The molecule has 4 N–H and O–H groups in total. The molecule has 6 nitrogen and oxygen atoms in total. The van der Waals surface area contributed by atoms with E-state index in [1.54, 1.807) is 0 Å². The Bertz CT molecular complexity index is 434. The van der Waals surface area contributed by atoms with Crippen LogP contribution >= 0.6 is 0 Å². The van der Waals surface area contributed by atoms with Gasteiger partial charge in [0.25, 0.3) is 0 Å². The lowest BCUT2D eigenvalue weighted by atomic mass is 10.1. The minimum atomic E-state index is 0.284. The highest BCUT2D eigenvalue weighted by Crippen LogP contribution is 2.39. The molecule has 3 rings (SSSR count). The fraction of sp³-hybridized carbons (Fsp3) is 0.667. The number of rotatable bonds is 4. The van der Waals surface area contributed by atoms with E-state index in [0.717, 1.165) is 30.6 Å². The predicted octanol–water partition coefficient (Wildman–Crippen LogP) is 1.08. The van der Waals surface area contributed by atoms with Gasteiger partial charge in [0.1, 0.15) is 11.6 Å². The third-order valence-corrected chi connectivity index (χ3v) is 3.56. The summed E-state index contributed by atoms with van der Waals surface area (Å²) >= 11 is 0.